The van der Waals surface area contributed by atoms with Gasteiger partial charge in [0.2, 0.25) is 5.91 Å². The summed E-state index contributed by atoms with van der Waals surface area (Å²) in [4.78, 5) is 23.4. The van der Waals surface area contributed by atoms with Crippen LogP contribution in [0.15, 0.2) is 39.4 Å². The van der Waals surface area contributed by atoms with Crippen molar-refractivity contribution >= 4 is 89.7 Å². The van der Waals surface area contributed by atoms with Crippen LogP contribution >= 0.6 is 58.4 Å². The van der Waals surface area contributed by atoms with Gasteiger partial charge in [0, 0.05) is 37.0 Å². The second-order valence-electron chi connectivity index (χ2n) is 8.33. The zero-order valence-corrected chi connectivity index (χ0v) is 24.5. The van der Waals surface area contributed by atoms with Gasteiger partial charge >= 0.3 is 0 Å². The summed E-state index contributed by atoms with van der Waals surface area (Å²) in [6, 6.07) is 9.22. The van der Waals surface area contributed by atoms with Crippen LogP contribution in [0.5, 0.6) is 0 Å². The number of para-hydroxylation sites is 1. The molecular formula is C22H28Cl2N4O3S4. The number of hydrogen-bond donors (Lipinski definition) is 0. The lowest BCUT2D eigenvalue weighted by atomic mass is 9.96. The Hall–Kier alpha value is -0.920. The third-order valence-electron chi connectivity index (χ3n) is 5.80. The van der Waals surface area contributed by atoms with Gasteiger partial charge in [0.15, 0.2) is 5.13 Å². The van der Waals surface area contributed by atoms with Crippen LogP contribution in [0.2, 0.25) is 4.34 Å². The molecule has 1 aliphatic heterocycles. The predicted octanol–water partition coefficient (Wildman–Crippen LogP) is 5.15. The number of sulfonamides is 1. The maximum absolute atomic E-state index is 13.7. The lowest BCUT2D eigenvalue weighted by Gasteiger charge is -2.33. The van der Waals surface area contributed by atoms with Crippen molar-refractivity contribution in [2.24, 2.45) is 5.92 Å². The second kappa shape index (κ2) is 12.1. The van der Waals surface area contributed by atoms with Crippen molar-refractivity contribution < 1.29 is 13.2 Å². The number of thioether (sulfide) groups is 1. The number of benzene rings is 1. The Balaban J connectivity index is 0.00000342. The van der Waals surface area contributed by atoms with E-state index in [9.17, 15) is 13.2 Å². The summed E-state index contributed by atoms with van der Waals surface area (Å²) in [6.45, 7) is 1.87. The van der Waals surface area contributed by atoms with Crippen molar-refractivity contribution in [2.75, 3.05) is 51.4 Å². The molecular weight excluding hydrogens is 567 g/mol. The second-order valence-corrected chi connectivity index (χ2v) is 14.1. The minimum Gasteiger partial charge on any atom is -0.308 e. The number of hydrogen-bond acceptors (Lipinski definition) is 8. The number of aromatic nitrogens is 1. The highest BCUT2D eigenvalue weighted by molar-refractivity contribution is 7.98. The number of thiazole rings is 1. The van der Waals surface area contributed by atoms with Crippen molar-refractivity contribution in [1.82, 2.24) is 14.2 Å². The van der Waals surface area contributed by atoms with E-state index >= 15 is 0 Å². The monoisotopic (exact) mass is 594 g/mol. The number of thiophene rings is 1. The number of amides is 1. The smallest absolute Gasteiger partial charge is 0.252 e. The highest BCUT2D eigenvalue weighted by atomic mass is 35.5. The summed E-state index contributed by atoms with van der Waals surface area (Å²) in [5.74, 6) is -0.226. The number of piperidine rings is 1. The molecule has 0 N–H and O–H groups in total. The van der Waals surface area contributed by atoms with Crippen molar-refractivity contribution in [3.05, 3.63) is 34.7 Å². The van der Waals surface area contributed by atoms with E-state index < -0.39 is 10.0 Å². The van der Waals surface area contributed by atoms with Crippen LogP contribution in [-0.2, 0) is 14.8 Å². The van der Waals surface area contributed by atoms with Crippen molar-refractivity contribution in [1.29, 1.82) is 0 Å². The Morgan fingerprint density at radius 3 is 2.49 bits per heavy atom. The van der Waals surface area contributed by atoms with Crippen LogP contribution in [0.4, 0.5) is 5.13 Å². The molecule has 2 aromatic heterocycles. The van der Waals surface area contributed by atoms with E-state index in [0.717, 1.165) is 26.4 Å². The van der Waals surface area contributed by atoms with Crippen LogP contribution in [0, 0.1) is 5.92 Å². The third kappa shape index (κ3) is 6.32. The maximum Gasteiger partial charge on any atom is 0.252 e. The number of carbonyl (C=O) groups excluding carboxylic acids is 1. The summed E-state index contributed by atoms with van der Waals surface area (Å²) >= 11 is 10.2. The Bertz CT molecular complexity index is 1270. The molecule has 13 heteroatoms. The van der Waals surface area contributed by atoms with E-state index in [0.29, 0.717) is 48.5 Å². The first-order valence-electron chi connectivity index (χ1n) is 10.9. The molecule has 1 aromatic carbocycles. The minimum absolute atomic E-state index is 0. The lowest BCUT2D eigenvalue weighted by Crippen LogP contribution is -2.45. The lowest BCUT2D eigenvalue weighted by molar-refractivity contribution is -0.123. The van der Waals surface area contributed by atoms with Crippen molar-refractivity contribution in [2.45, 2.75) is 21.9 Å². The van der Waals surface area contributed by atoms with Gasteiger partial charge in [0.25, 0.3) is 10.0 Å². The van der Waals surface area contributed by atoms with E-state index in [4.69, 9.17) is 16.6 Å². The van der Waals surface area contributed by atoms with Crippen LogP contribution in [0.25, 0.3) is 10.2 Å². The molecule has 0 spiro atoms. The first-order chi connectivity index (χ1) is 16.2. The zero-order chi connectivity index (χ0) is 24.5. The molecule has 4 rings (SSSR count). The van der Waals surface area contributed by atoms with Crippen LogP contribution < -0.4 is 4.90 Å². The average molecular weight is 596 g/mol. The summed E-state index contributed by atoms with van der Waals surface area (Å²) in [5.41, 5.74) is 0.924. The van der Waals surface area contributed by atoms with E-state index in [2.05, 4.69) is 0 Å². The number of fused-ring (bicyclic) bond motifs is 1. The highest BCUT2D eigenvalue weighted by Crippen LogP contribution is 2.36. The zero-order valence-electron chi connectivity index (χ0n) is 19.6. The first-order valence-corrected chi connectivity index (χ1v) is 15.5. The third-order valence-corrected chi connectivity index (χ3v) is 11.2. The molecule has 0 atom stereocenters. The Labute approximate surface area is 229 Å². The fraction of sp³-hybridized carbons (Fsp3) is 0.455. The molecule has 1 aliphatic rings. The quantitative estimate of drug-likeness (QED) is 0.336. The molecule has 7 nitrogen and oxygen atoms in total. The SMILES string of the molecule is CSc1cccc2sc(N(CCN(C)C)C(=O)C3CCN(S(=O)(=O)c4ccc(Cl)s4)CC3)nc12.Cl. The molecule has 35 heavy (non-hydrogen) atoms. The number of halogens is 2. The normalized spacial score (nSPS) is 15.5. The van der Waals surface area contributed by atoms with Gasteiger partial charge in [0.1, 0.15) is 4.21 Å². The molecule has 0 bridgehead atoms. The number of nitrogens with zero attached hydrogens (tertiary/aromatic N) is 4. The Morgan fingerprint density at radius 2 is 1.89 bits per heavy atom. The molecule has 192 valence electrons. The van der Waals surface area contributed by atoms with E-state index in [-0.39, 0.29) is 28.4 Å². The molecule has 0 saturated carbocycles. The van der Waals surface area contributed by atoms with Crippen LogP contribution in [0.3, 0.4) is 0 Å². The van der Waals surface area contributed by atoms with Gasteiger partial charge in [-0.15, -0.1) is 35.5 Å². The molecule has 3 heterocycles. The largest absolute Gasteiger partial charge is 0.308 e. The van der Waals surface area contributed by atoms with E-state index in [1.54, 1.807) is 28.8 Å². The number of rotatable bonds is 8. The number of carbonyl (C=O) groups is 1. The molecule has 0 aliphatic carbocycles. The average Bonchev–Trinajstić information content (AvgIpc) is 3.45. The first kappa shape index (κ1) is 28.6. The van der Waals surface area contributed by atoms with Crippen LogP contribution in [0.1, 0.15) is 12.8 Å². The highest BCUT2D eigenvalue weighted by Gasteiger charge is 2.35. The van der Waals surface area contributed by atoms with Gasteiger partial charge < -0.3 is 4.90 Å². The summed E-state index contributed by atoms with van der Waals surface area (Å²) < 4.78 is 29.1. The van der Waals surface area contributed by atoms with Crippen molar-refractivity contribution in [3.63, 3.8) is 0 Å². The number of likely N-dealkylation sites (N-methyl/N-ethyl adjacent to an activating group) is 1. The Kier molecular flexibility index (Phi) is 9.89. The van der Waals surface area contributed by atoms with Gasteiger partial charge in [-0.05, 0) is 57.5 Å². The van der Waals surface area contributed by atoms with Gasteiger partial charge in [-0.2, -0.15) is 4.31 Å². The van der Waals surface area contributed by atoms with E-state index in [1.807, 2.05) is 43.5 Å². The fourth-order valence-electron chi connectivity index (χ4n) is 3.92. The Morgan fingerprint density at radius 1 is 1.17 bits per heavy atom. The fourth-order valence-corrected chi connectivity index (χ4v) is 8.68. The molecule has 3 aromatic rings. The molecule has 1 fully saturated rings. The molecule has 1 amide bonds. The standard InChI is InChI=1S/C22H27ClN4O3S4.ClH/c1-25(2)13-14-27(22-24-20-16(31-3)5-4-6-17(20)32-22)21(28)15-9-11-26(12-10-15)34(29,30)19-8-7-18(23)33-19;/h4-8,15H,9-14H2,1-3H3;1H. The van der Waals surface area contributed by atoms with Crippen molar-refractivity contribution in [3.8, 4) is 0 Å². The van der Waals surface area contributed by atoms with Gasteiger partial charge in [0.05, 0.1) is 14.6 Å². The van der Waals surface area contributed by atoms with E-state index in [1.165, 1.54) is 15.6 Å². The summed E-state index contributed by atoms with van der Waals surface area (Å²) in [5, 5.41) is 0.701. The topological polar surface area (TPSA) is 73.8 Å². The predicted molar refractivity (Wildman–Crippen MR) is 150 cm³/mol. The summed E-state index contributed by atoms with van der Waals surface area (Å²) in [7, 11) is 0.372. The van der Waals surface area contributed by atoms with Gasteiger partial charge in [-0.25, -0.2) is 13.4 Å². The summed E-state index contributed by atoms with van der Waals surface area (Å²) in [6.07, 6.45) is 2.99. The molecule has 1 saturated heterocycles. The van der Waals surface area contributed by atoms with Gasteiger partial charge in [-0.1, -0.05) is 29.0 Å². The minimum atomic E-state index is -3.59. The van der Waals surface area contributed by atoms with Crippen LogP contribution in [-0.4, -0.2) is 75.0 Å². The molecule has 0 unspecified atom stereocenters. The molecule has 0 radical (unpaired) electrons. The number of anilines is 1. The maximum atomic E-state index is 13.7. The van der Waals surface area contributed by atoms with Gasteiger partial charge in [-0.3, -0.25) is 9.69 Å².